The van der Waals surface area contributed by atoms with Crippen molar-refractivity contribution in [3.8, 4) is 0 Å². The van der Waals surface area contributed by atoms with Crippen molar-refractivity contribution < 1.29 is 0 Å². The van der Waals surface area contributed by atoms with Gasteiger partial charge in [0.05, 0.1) is 6.54 Å². The lowest BCUT2D eigenvalue weighted by Gasteiger charge is -2.13. The van der Waals surface area contributed by atoms with Crippen LogP contribution < -0.4 is 0 Å². The van der Waals surface area contributed by atoms with Crippen molar-refractivity contribution in [1.29, 1.82) is 0 Å². The van der Waals surface area contributed by atoms with Crippen molar-refractivity contribution in [2.24, 2.45) is 4.99 Å². The van der Waals surface area contributed by atoms with E-state index in [1.165, 1.54) is 29.1 Å². The molecule has 166 valence electrons. The fourth-order valence-electron chi connectivity index (χ4n) is 3.69. The van der Waals surface area contributed by atoms with Crippen LogP contribution in [0.2, 0.25) is 0 Å². The highest BCUT2D eigenvalue weighted by Gasteiger charge is 2.09. The lowest BCUT2D eigenvalue weighted by atomic mass is 9.98. The third-order valence-corrected chi connectivity index (χ3v) is 6.70. The number of hydrogen-bond donors (Lipinski definition) is 0. The van der Waals surface area contributed by atoms with Crippen molar-refractivity contribution in [3.05, 3.63) is 102 Å². The van der Waals surface area contributed by atoms with E-state index in [2.05, 4.69) is 74.7 Å². The van der Waals surface area contributed by atoms with E-state index in [1.807, 2.05) is 30.0 Å². The molecule has 1 aliphatic carbocycles. The van der Waals surface area contributed by atoms with Crippen molar-refractivity contribution >= 4 is 28.6 Å². The lowest BCUT2D eigenvalue weighted by Crippen LogP contribution is -2.04. The molecule has 2 aromatic carbocycles. The van der Waals surface area contributed by atoms with E-state index in [0.717, 1.165) is 53.7 Å². The number of aliphatic imine (C=N–C) groups is 1. The molecule has 0 amide bonds. The Labute approximate surface area is 198 Å². The van der Waals surface area contributed by atoms with Crippen molar-refractivity contribution in [2.75, 3.05) is 6.54 Å². The Kier molecular flexibility index (Phi) is 9.84. The summed E-state index contributed by atoms with van der Waals surface area (Å²) in [7, 11) is 0. The minimum absolute atomic E-state index is 0.612. The van der Waals surface area contributed by atoms with Gasteiger partial charge < -0.3 is 0 Å². The molecule has 0 bridgehead atoms. The Morgan fingerprint density at radius 1 is 0.906 bits per heavy atom. The Bertz CT molecular complexity index is 977. The summed E-state index contributed by atoms with van der Waals surface area (Å²) in [6, 6.07) is 19.1. The molecule has 2 heteroatoms. The van der Waals surface area contributed by atoms with Crippen molar-refractivity contribution in [1.82, 2.24) is 0 Å². The Hall–Kier alpha value is -2.58. The van der Waals surface area contributed by atoms with Gasteiger partial charge in [-0.25, -0.2) is 0 Å². The summed E-state index contributed by atoms with van der Waals surface area (Å²) in [6.45, 7) is 11.5. The SMILES string of the molecule is C=C(C/N=C(\CCCCCC)C(=C)c1ccc(SC2=CCCC=C2)cc1)c1ccccc1. The van der Waals surface area contributed by atoms with Crippen LogP contribution >= 0.6 is 11.8 Å². The Morgan fingerprint density at radius 3 is 2.38 bits per heavy atom. The van der Waals surface area contributed by atoms with Gasteiger partial charge in [-0.05, 0) is 60.1 Å². The van der Waals surface area contributed by atoms with Crippen LogP contribution in [0.15, 0.2) is 101 Å². The predicted octanol–water partition coefficient (Wildman–Crippen LogP) is 9.15. The molecule has 32 heavy (non-hydrogen) atoms. The average molecular weight is 442 g/mol. The second kappa shape index (κ2) is 13.1. The summed E-state index contributed by atoms with van der Waals surface area (Å²) in [5, 5.41) is 0. The highest BCUT2D eigenvalue weighted by molar-refractivity contribution is 8.03. The quantitative estimate of drug-likeness (QED) is 0.236. The van der Waals surface area contributed by atoms with Gasteiger partial charge in [0.15, 0.2) is 0 Å². The highest BCUT2D eigenvalue weighted by atomic mass is 32.2. The number of allylic oxidation sites excluding steroid dienone is 4. The van der Waals surface area contributed by atoms with Gasteiger partial charge in [0.2, 0.25) is 0 Å². The molecule has 0 spiro atoms. The van der Waals surface area contributed by atoms with Crippen molar-refractivity contribution in [2.45, 2.75) is 56.8 Å². The predicted molar refractivity (Wildman–Crippen MR) is 144 cm³/mol. The third kappa shape index (κ3) is 7.53. The first-order valence-electron chi connectivity index (χ1n) is 11.8. The number of rotatable bonds is 12. The second-order valence-corrected chi connectivity index (χ2v) is 9.38. The van der Waals surface area contributed by atoms with Gasteiger partial charge in [-0.1, -0.05) is 112 Å². The van der Waals surface area contributed by atoms with E-state index in [0.29, 0.717) is 6.54 Å². The molecular weight excluding hydrogens is 406 g/mol. The zero-order chi connectivity index (χ0) is 22.6. The summed E-state index contributed by atoms with van der Waals surface area (Å²) in [5.74, 6) is 0. The van der Waals surface area contributed by atoms with Gasteiger partial charge >= 0.3 is 0 Å². The number of thioether (sulfide) groups is 1. The standard InChI is InChI=1S/C30H35NS/c1-4-5-6-13-18-30(31-23-24(2)26-14-9-7-10-15-26)25(3)27-19-21-29(22-20-27)32-28-16-11-8-12-17-28/h7,9-11,14-17,19-22H,2-6,8,12-13,18,23H2,1H3/b31-30+. The van der Waals surface area contributed by atoms with Crippen LogP contribution in [0.4, 0.5) is 0 Å². The summed E-state index contributed by atoms with van der Waals surface area (Å²) in [6.07, 6.45) is 15.0. The average Bonchev–Trinajstić information content (AvgIpc) is 2.84. The number of nitrogens with zero attached hydrogens (tertiary/aromatic N) is 1. The van der Waals surface area contributed by atoms with E-state index in [-0.39, 0.29) is 0 Å². The summed E-state index contributed by atoms with van der Waals surface area (Å²) in [4.78, 5) is 7.58. The second-order valence-electron chi connectivity index (χ2n) is 8.23. The van der Waals surface area contributed by atoms with Crippen LogP contribution in [0, 0.1) is 0 Å². The Balaban J connectivity index is 1.69. The van der Waals surface area contributed by atoms with Crippen LogP contribution in [-0.4, -0.2) is 12.3 Å². The summed E-state index contributed by atoms with van der Waals surface area (Å²) < 4.78 is 0. The number of hydrogen-bond acceptors (Lipinski definition) is 2. The first-order chi connectivity index (χ1) is 15.7. The van der Waals surface area contributed by atoms with E-state index in [1.54, 1.807) is 0 Å². The molecule has 1 aliphatic rings. The maximum Gasteiger partial charge on any atom is 0.0643 e. The molecule has 2 aromatic rings. The fraction of sp³-hybridized carbons (Fsp3) is 0.300. The molecule has 0 unspecified atom stereocenters. The van der Waals surface area contributed by atoms with Gasteiger partial charge in [0.1, 0.15) is 0 Å². The van der Waals surface area contributed by atoms with Crippen LogP contribution in [0.1, 0.15) is 63.0 Å². The molecule has 3 rings (SSSR count). The zero-order valence-corrected chi connectivity index (χ0v) is 20.2. The molecule has 0 atom stereocenters. The van der Waals surface area contributed by atoms with Gasteiger partial charge in [0, 0.05) is 15.5 Å². The first kappa shape index (κ1) is 24.1. The number of unbranched alkanes of at least 4 members (excludes halogenated alkanes) is 3. The Morgan fingerprint density at radius 2 is 1.69 bits per heavy atom. The van der Waals surface area contributed by atoms with Crippen LogP contribution in [0.25, 0.3) is 11.1 Å². The first-order valence-corrected chi connectivity index (χ1v) is 12.6. The topological polar surface area (TPSA) is 12.4 Å². The van der Waals surface area contributed by atoms with E-state index >= 15 is 0 Å². The molecular formula is C30H35NS. The maximum absolute atomic E-state index is 4.98. The largest absolute Gasteiger partial charge is 0.284 e. The van der Waals surface area contributed by atoms with Gasteiger partial charge in [0.25, 0.3) is 0 Å². The molecule has 0 saturated heterocycles. The molecule has 0 aromatic heterocycles. The molecule has 0 saturated carbocycles. The minimum atomic E-state index is 0.612. The zero-order valence-electron chi connectivity index (χ0n) is 19.4. The molecule has 1 nitrogen and oxygen atoms in total. The minimum Gasteiger partial charge on any atom is -0.284 e. The van der Waals surface area contributed by atoms with Gasteiger partial charge in [-0.2, -0.15) is 0 Å². The summed E-state index contributed by atoms with van der Waals surface area (Å²) in [5.41, 5.74) is 5.50. The number of benzene rings is 2. The van der Waals surface area contributed by atoms with Crippen LogP contribution in [-0.2, 0) is 0 Å². The van der Waals surface area contributed by atoms with Gasteiger partial charge in [-0.15, -0.1) is 0 Å². The van der Waals surface area contributed by atoms with Gasteiger partial charge in [-0.3, -0.25) is 4.99 Å². The van der Waals surface area contributed by atoms with E-state index in [9.17, 15) is 0 Å². The lowest BCUT2D eigenvalue weighted by molar-refractivity contribution is 0.683. The molecule has 0 N–H and O–H groups in total. The van der Waals surface area contributed by atoms with E-state index < -0.39 is 0 Å². The van der Waals surface area contributed by atoms with Crippen molar-refractivity contribution in [3.63, 3.8) is 0 Å². The summed E-state index contributed by atoms with van der Waals surface area (Å²) >= 11 is 1.83. The fourth-order valence-corrected chi connectivity index (χ4v) is 4.60. The smallest absolute Gasteiger partial charge is 0.0643 e. The molecule has 0 heterocycles. The highest BCUT2D eigenvalue weighted by Crippen LogP contribution is 2.31. The molecule has 0 radical (unpaired) electrons. The maximum atomic E-state index is 4.98. The van der Waals surface area contributed by atoms with Crippen LogP contribution in [0.3, 0.4) is 0 Å². The van der Waals surface area contributed by atoms with E-state index in [4.69, 9.17) is 4.99 Å². The van der Waals surface area contributed by atoms with Crippen LogP contribution in [0.5, 0.6) is 0 Å². The monoisotopic (exact) mass is 441 g/mol. The molecule has 0 fully saturated rings. The molecule has 0 aliphatic heterocycles. The normalized spacial score (nSPS) is 13.7. The third-order valence-electron chi connectivity index (χ3n) is 5.66.